The molecule has 3 N–H and O–H groups in total. The Morgan fingerprint density at radius 2 is 2.00 bits per heavy atom. The van der Waals surface area contributed by atoms with E-state index in [4.69, 9.17) is 5.73 Å². The van der Waals surface area contributed by atoms with Crippen molar-refractivity contribution < 1.29 is 9.18 Å². The van der Waals surface area contributed by atoms with Crippen LogP contribution in [0.2, 0.25) is 0 Å². The van der Waals surface area contributed by atoms with E-state index in [0.717, 1.165) is 12.8 Å². The number of thioether (sulfide) groups is 1. The Bertz CT molecular complexity index is 479. The zero-order valence-electron chi connectivity index (χ0n) is 12.5. The van der Waals surface area contributed by atoms with Gasteiger partial charge in [-0.25, -0.2) is 4.39 Å². The molecule has 1 aromatic rings. The normalized spacial score (nSPS) is 11.4. The molecule has 1 rings (SSSR count). The fourth-order valence-corrected chi connectivity index (χ4v) is 2.95. The summed E-state index contributed by atoms with van der Waals surface area (Å²) in [6.45, 7) is 6.31. The minimum atomic E-state index is -0.501. The number of hydrogen-bond acceptors (Lipinski definition) is 3. The van der Waals surface area contributed by atoms with E-state index in [1.165, 1.54) is 12.1 Å². The van der Waals surface area contributed by atoms with Gasteiger partial charge in [-0.1, -0.05) is 13.8 Å². The summed E-state index contributed by atoms with van der Waals surface area (Å²) in [4.78, 5) is 12.1. The second-order valence-electron chi connectivity index (χ2n) is 4.98. The lowest BCUT2D eigenvalue weighted by atomic mass is 10.0. The lowest BCUT2D eigenvalue weighted by molar-refractivity contribution is 0.0944. The second kappa shape index (κ2) is 6.97. The molecule has 0 aliphatic heterocycles. The Morgan fingerprint density at radius 3 is 2.50 bits per heavy atom. The molecule has 0 aromatic heterocycles. The summed E-state index contributed by atoms with van der Waals surface area (Å²) in [6, 6.07) is 2.91. The Hall–Kier alpha value is -1.23. The standard InChI is InChI=1S/C15H23FN2OS/c1-5-15(6-2,20-4)9-18-14(19)12-8-11(17)7-10(3)13(12)16/h7-8H,5-6,9,17H2,1-4H3,(H,18,19). The molecule has 0 bridgehead atoms. The molecule has 0 aliphatic rings. The first kappa shape index (κ1) is 16.8. The van der Waals surface area contributed by atoms with Gasteiger partial charge in [0.1, 0.15) is 5.82 Å². The van der Waals surface area contributed by atoms with Crippen LogP contribution in [0, 0.1) is 12.7 Å². The number of halogens is 1. The number of carbonyl (C=O) groups is 1. The molecule has 0 saturated carbocycles. The Labute approximate surface area is 124 Å². The van der Waals surface area contributed by atoms with Gasteiger partial charge in [-0.3, -0.25) is 4.79 Å². The molecule has 0 saturated heterocycles. The van der Waals surface area contributed by atoms with Crippen LogP contribution < -0.4 is 11.1 Å². The maximum atomic E-state index is 14.0. The molecule has 0 aliphatic carbocycles. The highest BCUT2D eigenvalue weighted by Crippen LogP contribution is 2.29. The number of nitrogen functional groups attached to an aromatic ring is 1. The van der Waals surface area contributed by atoms with E-state index < -0.39 is 11.7 Å². The first-order valence-corrected chi connectivity index (χ1v) is 8.00. The number of carbonyl (C=O) groups excluding carboxylic acids is 1. The largest absolute Gasteiger partial charge is 0.399 e. The summed E-state index contributed by atoms with van der Waals surface area (Å²) >= 11 is 1.73. The Morgan fingerprint density at radius 1 is 1.40 bits per heavy atom. The molecular weight excluding hydrogens is 275 g/mol. The number of anilines is 1. The predicted octanol–water partition coefficient (Wildman–Crippen LogP) is 3.37. The van der Waals surface area contributed by atoms with Crippen LogP contribution in [0.1, 0.15) is 42.6 Å². The van der Waals surface area contributed by atoms with E-state index in [-0.39, 0.29) is 10.3 Å². The van der Waals surface area contributed by atoms with Gasteiger partial charge >= 0.3 is 0 Å². The van der Waals surface area contributed by atoms with Crippen LogP contribution in [0.3, 0.4) is 0 Å². The summed E-state index contributed by atoms with van der Waals surface area (Å²) in [5.41, 5.74) is 6.48. The van der Waals surface area contributed by atoms with Gasteiger partial charge < -0.3 is 11.1 Å². The van der Waals surface area contributed by atoms with Gasteiger partial charge in [-0.05, 0) is 43.7 Å². The van der Waals surface area contributed by atoms with E-state index >= 15 is 0 Å². The molecule has 0 atom stereocenters. The van der Waals surface area contributed by atoms with Crippen molar-refractivity contribution in [2.45, 2.75) is 38.4 Å². The minimum absolute atomic E-state index is 0.00149. The van der Waals surface area contributed by atoms with Gasteiger partial charge in [0.05, 0.1) is 5.56 Å². The van der Waals surface area contributed by atoms with Gasteiger partial charge in [-0.2, -0.15) is 11.8 Å². The van der Waals surface area contributed by atoms with E-state index in [1.807, 2.05) is 6.26 Å². The van der Waals surface area contributed by atoms with Gasteiger partial charge in [-0.15, -0.1) is 0 Å². The fourth-order valence-electron chi connectivity index (χ4n) is 2.16. The van der Waals surface area contributed by atoms with Crippen LogP contribution in [-0.4, -0.2) is 23.5 Å². The molecule has 0 spiro atoms. The zero-order chi connectivity index (χ0) is 15.3. The van der Waals surface area contributed by atoms with E-state index in [1.54, 1.807) is 18.7 Å². The van der Waals surface area contributed by atoms with Crippen molar-refractivity contribution >= 4 is 23.4 Å². The smallest absolute Gasteiger partial charge is 0.254 e. The topological polar surface area (TPSA) is 55.1 Å². The lowest BCUT2D eigenvalue weighted by Gasteiger charge is -2.29. The lowest BCUT2D eigenvalue weighted by Crippen LogP contribution is -2.39. The molecule has 1 amide bonds. The van der Waals surface area contributed by atoms with Crippen LogP contribution in [0.5, 0.6) is 0 Å². The van der Waals surface area contributed by atoms with Crippen LogP contribution in [-0.2, 0) is 0 Å². The molecule has 0 radical (unpaired) electrons. The van der Waals surface area contributed by atoms with Crippen molar-refractivity contribution in [1.82, 2.24) is 5.32 Å². The van der Waals surface area contributed by atoms with Crippen LogP contribution in [0.25, 0.3) is 0 Å². The number of nitrogens with two attached hydrogens (primary N) is 1. The highest BCUT2D eigenvalue weighted by atomic mass is 32.2. The molecule has 112 valence electrons. The molecule has 5 heteroatoms. The van der Waals surface area contributed by atoms with E-state index in [9.17, 15) is 9.18 Å². The average molecular weight is 298 g/mol. The van der Waals surface area contributed by atoms with Crippen molar-refractivity contribution in [1.29, 1.82) is 0 Å². The second-order valence-corrected chi connectivity index (χ2v) is 6.25. The van der Waals surface area contributed by atoms with E-state index in [2.05, 4.69) is 19.2 Å². The summed E-state index contributed by atoms with van der Waals surface area (Å²) < 4.78 is 14.0. The third kappa shape index (κ3) is 3.66. The molecular formula is C15H23FN2OS. The number of benzene rings is 1. The molecule has 20 heavy (non-hydrogen) atoms. The van der Waals surface area contributed by atoms with E-state index in [0.29, 0.717) is 17.8 Å². The maximum Gasteiger partial charge on any atom is 0.254 e. The third-order valence-electron chi connectivity index (χ3n) is 3.81. The SMILES string of the molecule is CCC(CC)(CNC(=O)c1cc(N)cc(C)c1F)SC. The van der Waals surface area contributed by atoms with Crippen molar-refractivity contribution in [2.24, 2.45) is 0 Å². The van der Waals surface area contributed by atoms with Crippen LogP contribution in [0.15, 0.2) is 12.1 Å². The van der Waals surface area contributed by atoms with Gasteiger partial charge in [0.25, 0.3) is 5.91 Å². The van der Waals surface area contributed by atoms with Gasteiger partial charge in [0, 0.05) is 17.0 Å². The first-order valence-electron chi connectivity index (χ1n) is 6.78. The number of nitrogens with one attached hydrogen (secondary N) is 1. The summed E-state index contributed by atoms with van der Waals surface area (Å²) in [6.07, 6.45) is 3.93. The third-order valence-corrected chi connectivity index (χ3v) is 5.40. The fraction of sp³-hybridized carbons (Fsp3) is 0.533. The van der Waals surface area contributed by atoms with Crippen LogP contribution in [0.4, 0.5) is 10.1 Å². The predicted molar refractivity (Wildman–Crippen MR) is 84.7 cm³/mol. The monoisotopic (exact) mass is 298 g/mol. The summed E-state index contributed by atoms with van der Waals surface area (Å²) in [5, 5.41) is 2.83. The molecule has 0 fully saturated rings. The van der Waals surface area contributed by atoms with Crippen molar-refractivity contribution in [3.8, 4) is 0 Å². The van der Waals surface area contributed by atoms with Crippen molar-refractivity contribution in [3.63, 3.8) is 0 Å². The minimum Gasteiger partial charge on any atom is -0.399 e. The number of rotatable bonds is 6. The van der Waals surface area contributed by atoms with Crippen LogP contribution >= 0.6 is 11.8 Å². The quantitative estimate of drug-likeness (QED) is 0.792. The summed E-state index contributed by atoms with van der Waals surface area (Å²) in [5.74, 6) is -0.905. The maximum absolute atomic E-state index is 14.0. The molecule has 3 nitrogen and oxygen atoms in total. The molecule has 1 aromatic carbocycles. The Balaban J connectivity index is 2.87. The molecule has 0 unspecified atom stereocenters. The van der Waals surface area contributed by atoms with Crippen molar-refractivity contribution in [2.75, 3.05) is 18.5 Å². The average Bonchev–Trinajstić information content (AvgIpc) is 2.44. The zero-order valence-corrected chi connectivity index (χ0v) is 13.4. The van der Waals surface area contributed by atoms with Gasteiger partial charge in [0.15, 0.2) is 0 Å². The highest BCUT2D eigenvalue weighted by Gasteiger charge is 2.26. The Kier molecular flexibility index (Phi) is 5.87. The summed E-state index contributed by atoms with van der Waals surface area (Å²) in [7, 11) is 0. The number of aryl methyl sites for hydroxylation is 1. The van der Waals surface area contributed by atoms with Crippen molar-refractivity contribution in [3.05, 3.63) is 29.1 Å². The molecule has 0 heterocycles. The first-order chi connectivity index (χ1) is 9.39. The van der Waals surface area contributed by atoms with Gasteiger partial charge in [0.2, 0.25) is 0 Å². The number of hydrogen-bond donors (Lipinski definition) is 2. The number of amides is 1. The highest BCUT2D eigenvalue weighted by molar-refractivity contribution is 8.00.